The standard InChI is InChI=1S/C17H19N3S/c1-11-12-6-2-3-7-13(12)19-16(11)15-10-21-17(20-15)14-8-4-5-9-18-14/h2-3,6-7,10,14,18-19H,4-5,8-9H2,1H3/t14-/m1/s1. The second-order valence-corrected chi connectivity index (χ2v) is 6.63. The Morgan fingerprint density at radius 3 is 2.95 bits per heavy atom. The summed E-state index contributed by atoms with van der Waals surface area (Å²) >= 11 is 1.78. The van der Waals surface area contributed by atoms with Crippen LogP contribution in [0.2, 0.25) is 0 Å². The molecule has 21 heavy (non-hydrogen) atoms. The van der Waals surface area contributed by atoms with E-state index in [0.29, 0.717) is 6.04 Å². The average Bonchev–Trinajstić information content (AvgIpc) is 3.14. The van der Waals surface area contributed by atoms with Crippen LogP contribution in [0.1, 0.15) is 35.9 Å². The molecule has 0 amide bonds. The van der Waals surface area contributed by atoms with E-state index in [2.05, 4.69) is 46.9 Å². The lowest BCUT2D eigenvalue weighted by molar-refractivity contribution is 0.411. The van der Waals surface area contributed by atoms with Gasteiger partial charge in [0.15, 0.2) is 0 Å². The van der Waals surface area contributed by atoms with E-state index in [9.17, 15) is 0 Å². The van der Waals surface area contributed by atoms with Crippen molar-refractivity contribution in [3.8, 4) is 11.4 Å². The molecule has 1 fully saturated rings. The Kier molecular flexibility index (Phi) is 3.28. The SMILES string of the molecule is Cc1c(-c2csc([C@H]3CCCCN3)n2)[nH]c2ccccc12. The first-order valence-corrected chi connectivity index (χ1v) is 8.47. The van der Waals surface area contributed by atoms with Gasteiger partial charge in [-0.15, -0.1) is 11.3 Å². The molecule has 3 nitrogen and oxygen atoms in total. The minimum Gasteiger partial charge on any atom is -0.353 e. The Balaban J connectivity index is 1.72. The number of thiazole rings is 1. The lowest BCUT2D eigenvalue weighted by atomic mass is 10.1. The topological polar surface area (TPSA) is 40.7 Å². The molecule has 0 bridgehead atoms. The molecule has 4 heteroatoms. The van der Waals surface area contributed by atoms with Crippen LogP contribution < -0.4 is 5.32 Å². The minimum absolute atomic E-state index is 0.446. The van der Waals surface area contributed by atoms with Crippen LogP contribution in [0.5, 0.6) is 0 Å². The molecule has 1 aliphatic rings. The Morgan fingerprint density at radius 1 is 1.24 bits per heavy atom. The van der Waals surface area contributed by atoms with Crippen molar-refractivity contribution in [3.05, 3.63) is 40.2 Å². The zero-order valence-corrected chi connectivity index (χ0v) is 13.0. The van der Waals surface area contributed by atoms with Gasteiger partial charge in [0, 0.05) is 16.3 Å². The number of aromatic nitrogens is 2. The third-order valence-electron chi connectivity index (χ3n) is 4.35. The Morgan fingerprint density at radius 2 is 2.14 bits per heavy atom. The molecular formula is C17H19N3S. The van der Waals surface area contributed by atoms with Crippen LogP contribution in [0.4, 0.5) is 0 Å². The van der Waals surface area contributed by atoms with E-state index in [4.69, 9.17) is 4.98 Å². The quantitative estimate of drug-likeness (QED) is 0.735. The van der Waals surface area contributed by atoms with E-state index in [1.54, 1.807) is 11.3 Å². The zero-order valence-electron chi connectivity index (χ0n) is 12.1. The zero-order chi connectivity index (χ0) is 14.2. The van der Waals surface area contributed by atoms with E-state index in [1.165, 1.54) is 40.7 Å². The summed E-state index contributed by atoms with van der Waals surface area (Å²) in [4.78, 5) is 8.41. The molecule has 0 spiro atoms. The minimum atomic E-state index is 0.446. The van der Waals surface area contributed by atoms with Crippen LogP contribution >= 0.6 is 11.3 Å². The summed E-state index contributed by atoms with van der Waals surface area (Å²) in [6, 6.07) is 8.90. The van der Waals surface area contributed by atoms with Crippen molar-refractivity contribution >= 4 is 22.2 Å². The molecule has 3 heterocycles. The predicted octanol–water partition coefficient (Wildman–Crippen LogP) is 4.41. The fourth-order valence-corrected chi connectivity index (χ4v) is 4.08. The Hall–Kier alpha value is -1.65. The fourth-order valence-electron chi connectivity index (χ4n) is 3.16. The number of aryl methyl sites for hydroxylation is 1. The van der Waals surface area contributed by atoms with Gasteiger partial charge in [0.1, 0.15) is 5.01 Å². The molecule has 4 rings (SSSR count). The van der Waals surface area contributed by atoms with Gasteiger partial charge in [-0.05, 0) is 37.9 Å². The number of aromatic amines is 1. The maximum Gasteiger partial charge on any atom is 0.110 e. The predicted molar refractivity (Wildman–Crippen MR) is 88.7 cm³/mol. The van der Waals surface area contributed by atoms with Crippen LogP contribution in [0.3, 0.4) is 0 Å². The monoisotopic (exact) mass is 297 g/mol. The normalized spacial score (nSPS) is 19.2. The van der Waals surface area contributed by atoms with Gasteiger partial charge < -0.3 is 10.3 Å². The first kappa shape index (κ1) is 13.0. The molecule has 0 unspecified atom stereocenters. The smallest absolute Gasteiger partial charge is 0.110 e. The van der Waals surface area contributed by atoms with E-state index in [1.807, 2.05) is 0 Å². The molecule has 3 aromatic rings. The van der Waals surface area contributed by atoms with Gasteiger partial charge in [-0.1, -0.05) is 24.6 Å². The number of nitrogens with zero attached hydrogens (tertiary/aromatic N) is 1. The molecule has 1 aromatic carbocycles. The highest BCUT2D eigenvalue weighted by atomic mass is 32.1. The summed E-state index contributed by atoms with van der Waals surface area (Å²) < 4.78 is 0. The van der Waals surface area contributed by atoms with Gasteiger partial charge in [0.25, 0.3) is 0 Å². The lowest BCUT2D eigenvalue weighted by Crippen LogP contribution is -2.26. The molecule has 108 valence electrons. The highest BCUT2D eigenvalue weighted by Crippen LogP contribution is 2.33. The van der Waals surface area contributed by atoms with E-state index in [-0.39, 0.29) is 0 Å². The third-order valence-corrected chi connectivity index (χ3v) is 5.31. The summed E-state index contributed by atoms with van der Waals surface area (Å²) in [7, 11) is 0. The summed E-state index contributed by atoms with van der Waals surface area (Å²) in [5, 5.41) is 8.28. The van der Waals surface area contributed by atoms with Gasteiger partial charge in [-0.2, -0.15) is 0 Å². The van der Waals surface area contributed by atoms with Gasteiger partial charge in [0.2, 0.25) is 0 Å². The van der Waals surface area contributed by atoms with Gasteiger partial charge in [-0.25, -0.2) is 4.98 Å². The number of hydrogen-bond acceptors (Lipinski definition) is 3. The number of benzene rings is 1. The summed E-state index contributed by atoms with van der Waals surface area (Å²) in [5.74, 6) is 0. The van der Waals surface area contributed by atoms with Gasteiger partial charge >= 0.3 is 0 Å². The van der Waals surface area contributed by atoms with Gasteiger partial charge in [-0.3, -0.25) is 0 Å². The van der Waals surface area contributed by atoms with E-state index in [0.717, 1.165) is 17.9 Å². The number of fused-ring (bicyclic) bond motifs is 1. The lowest BCUT2D eigenvalue weighted by Gasteiger charge is -2.21. The summed E-state index contributed by atoms with van der Waals surface area (Å²) in [6.07, 6.45) is 3.80. The number of hydrogen-bond donors (Lipinski definition) is 2. The first-order chi connectivity index (χ1) is 10.3. The van der Waals surface area contributed by atoms with Crippen molar-refractivity contribution in [2.45, 2.75) is 32.2 Å². The van der Waals surface area contributed by atoms with Crippen molar-refractivity contribution in [2.24, 2.45) is 0 Å². The van der Waals surface area contributed by atoms with Crippen molar-refractivity contribution < 1.29 is 0 Å². The largest absolute Gasteiger partial charge is 0.353 e. The molecule has 1 aliphatic heterocycles. The molecule has 1 atom stereocenters. The van der Waals surface area contributed by atoms with Crippen LogP contribution in [-0.2, 0) is 0 Å². The fraction of sp³-hybridized carbons (Fsp3) is 0.353. The van der Waals surface area contributed by atoms with Crippen LogP contribution in [-0.4, -0.2) is 16.5 Å². The number of nitrogens with one attached hydrogen (secondary N) is 2. The highest BCUT2D eigenvalue weighted by molar-refractivity contribution is 7.10. The Labute approximate surface area is 128 Å². The molecule has 0 radical (unpaired) electrons. The number of rotatable bonds is 2. The molecule has 0 saturated carbocycles. The maximum atomic E-state index is 4.89. The maximum absolute atomic E-state index is 4.89. The highest BCUT2D eigenvalue weighted by Gasteiger charge is 2.19. The van der Waals surface area contributed by atoms with Crippen LogP contribution in [0, 0.1) is 6.92 Å². The molecule has 2 N–H and O–H groups in total. The van der Waals surface area contributed by atoms with E-state index < -0.39 is 0 Å². The molecule has 2 aromatic heterocycles. The van der Waals surface area contributed by atoms with Crippen molar-refractivity contribution in [3.63, 3.8) is 0 Å². The Bertz CT molecular complexity index is 765. The van der Waals surface area contributed by atoms with Gasteiger partial charge in [0.05, 0.1) is 17.4 Å². The molecule has 0 aliphatic carbocycles. The number of piperidine rings is 1. The second-order valence-electron chi connectivity index (χ2n) is 5.74. The van der Waals surface area contributed by atoms with Crippen molar-refractivity contribution in [1.82, 2.24) is 15.3 Å². The number of para-hydroxylation sites is 1. The molecule has 1 saturated heterocycles. The van der Waals surface area contributed by atoms with Crippen LogP contribution in [0.15, 0.2) is 29.6 Å². The summed E-state index contributed by atoms with van der Waals surface area (Å²) in [5.41, 5.74) is 4.72. The summed E-state index contributed by atoms with van der Waals surface area (Å²) in [6.45, 7) is 3.29. The van der Waals surface area contributed by atoms with Crippen molar-refractivity contribution in [1.29, 1.82) is 0 Å². The average molecular weight is 297 g/mol. The van der Waals surface area contributed by atoms with Crippen molar-refractivity contribution in [2.75, 3.05) is 6.54 Å². The van der Waals surface area contributed by atoms with Crippen LogP contribution in [0.25, 0.3) is 22.3 Å². The first-order valence-electron chi connectivity index (χ1n) is 7.59. The second kappa shape index (κ2) is 5.28. The molecular weight excluding hydrogens is 278 g/mol. The number of H-pyrrole nitrogens is 1. The van der Waals surface area contributed by atoms with E-state index >= 15 is 0 Å². The third kappa shape index (κ3) is 2.28.